The van der Waals surface area contributed by atoms with Gasteiger partial charge >= 0.3 is 0 Å². The van der Waals surface area contributed by atoms with Crippen molar-refractivity contribution in [3.8, 4) is 10.4 Å². The van der Waals surface area contributed by atoms with Crippen LogP contribution in [0.5, 0.6) is 0 Å². The lowest BCUT2D eigenvalue weighted by atomic mass is 10.1. The van der Waals surface area contributed by atoms with Gasteiger partial charge in [-0.25, -0.2) is 4.98 Å². The lowest BCUT2D eigenvalue weighted by Gasteiger charge is -2.24. The highest BCUT2D eigenvalue weighted by Crippen LogP contribution is 2.38. The molecule has 8 heteroatoms. The number of nitrogens with two attached hydrogens (primary N) is 1. The summed E-state index contributed by atoms with van der Waals surface area (Å²) in [5.41, 5.74) is 8.29. The van der Waals surface area contributed by atoms with Crippen LogP contribution >= 0.6 is 11.3 Å². The van der Waals surface area contributed by atoms with Gasteiger partial charge in [0.2, 0.25) is 0 Å². The molecule has 1 fully saturated rings. The minimum absolute atomic E-state index is 0.320. The summed E-state index contributed by atoms with van der Waals surface area (Å²) in [6.07, 6.45) is 7.71. The van der Waals surface area contributed by atoms with Crippen LogP contribution in [-0.2, 0) is 6.54 Å². The van der Waals surface area contributed by atoms with Crippen LogP contribution in [0.1, 0.15) is 28.8 Å². The maximum Gasteiger partial charge on any atom is 0.251 e. The summed E-state index contributed by atoms with van der Waals surface area (Å²) in [5, 5.41) is 12.4. The summed E-state index contributed by atoms with van der Waals surface area (Å²) in [7, 11) is 0. The molecule has 1 aromatic carbocycles. The number of carbonyl (C=O) groups excluding carboxylic acids is 1. The molecule has 0 bridgehead atoms. The number of fused-ring (bicyclic) bond motifs is 1. The van der Waals surface area contributed by atoms with E-state index in [-0.39, 0.29) is 0 Å². The molecule has 3 aromatic heterocycles. The lowest BCUT2D eigenvalue weighted by Crippen LogP contribution is -2.38. The molecule has 1 saturated heterocycles. The number of benzene rings is 1. The van der Waals surface area contributed by atoms with Gasteiger partial charge in [0.1, 0.15) is 5.82 Å². The summed E-state index contributed by atoms with van der Waals surface area (Å²) in [4.78, 5) is 17.6. The van der Waals surface area contributed by atoms with Gasteiger partial charge in [-0.1, -0.05) is 30.3 Å². The Hall–Kier alpha value is -3.23. The van der Waals surface area contributed by atoms with E-state index >= 15 is 0 Å². The average molecular weight is 433 g/mol. The highest BCUT2D eigenvalue weighted by Gasteiger charge is 2.19. The molecule has 4 heterocycles. The zero-order valence-corrected chi connectivity index (χ0v) is 17.9. The third-order valence-electron chi connectivity index (χ3n) is 5.56. The molecular formula is C23H24N6OS. The second-order valence-electron chi connectivity index (χ2n) is 7.84. The van der Waals surface area contributed by atoms with Crippen LogP contribution in [0.3, 0.4) is 0 Å². The molecule has 0 spiro atoms. The van der Waals surface area contributed by atoms with E-state index < -0.39 is 5.91 Å². The standard InChI is InChI=1S/C23H24N6OS/c24-22(30)19-12-26-23(28-17-7-4-8-25-11-17)18-9-20(31-21(18)19)16-10-27-29(14-16)13-15-5-2-1-3-6-15/h1-3,5-6,9-10,12,14,17,25H,4,7-8,11,13H2,(H2,24,30)(H,26,28)/t17-/m0/s1. The first-order valence-corrected chi connectivity index (χ1v) is 11.3. The van der Waals surface area contributed by atoms with E-state index in [1.165, 1.54) is 5.56 Å². The molecule has 4 aromatic rings. The first-order valence-electron chi connectivity index (χ1n) is 10.4. The van der Waals surface area contributed by atoms with Gasteiger partial charge in [-0.15, -0.1) is 11.3 Å². The number of rotatable bonds is 6. The monoisotopic (exact) mass is 432 g/mol. The van der Waals surface area contributed by atoms with Gasteiger partial charge in [0, 0.05) is 40.8 Å². The Morgan fingerprint density at radius 2 is 2.16 bits per heavy atom. The largest absolute Gasteiger partial charge is 0.366 e. The average Bonchev–Trinajstić information content (AvgIpc) is 3.43. The number of hydrogen-bond acceptors (Lipinski definition) is 6. The van der Waals surface area contributed by atoms with E-state index in [1.54, 1.807) is 17.5 Å². The molecule has 5 rings (SSSR count). The Bertz CT molecular complexity index is 1210. The van der Waals surface area contributed by atoms with Gasteiger partial charge in [-0.3, -0.25) is 9.48 Å². The maximum atomic E-state index is 12.0. The minimum atomic E-state index is -0.462. The molecule has 0 aliphatic carbocycles. The van der Waals surface area contributed by atoms with E-state index in [1.807, 2.05) is 35.3 Å². The molecule has 1 aliphatic rings. The van der Waals surface area contributed by atoms with Gasteiger partial charge in [0.15, 0.2) is 0 Å². The van der Waals surface area contributed by atoms with Gasteiger partial charge in [0.05, 0.1) is 23.0 Å². The molecule has 31 heavy (non-hydrogen) atoms. The van der Waals surface area contributed by atoms with Crippen LogP contribution in [0, 0.1) is 0 Å². The molecule has 1 atom stereocenters. The number of nitrogens with one attached hydrogen (secondary N) is 2. The minimum Gasteiger partial charge on any atom is -0.366 e. The van der Waals surface area contributed by atoms with Crippen LogP contribution in [0.15, 0.2) is 55.0 Å². The van der Waals surface area contributed by atoms with Gasteiger partial charge in [-0.05, 0) is 31.0 Å². The Kier molecular flexibility index (Phi) is 5.40. The molecule has 0 unspecified atom stereocenters. The Labute approximate surface area is 184 Å². The molecular weight excluding hydrogens is 408 g/mol. The van der Waals surface area contributed by atoms with Crippen molar-refractivity contribution in [1.29, 1.82) is 0 Å². The highest BCUT2D eigenvalue weighted by atomic mass is 32.1. The van der Waals surface area contributed by atoms with E-state index in [9.17, 15) is 4.79 Å². The lowest BCUT2D eigenvalue weighted by molar-refractivity contribution is 0.100. The van der Waals surface area contributed by atoms with Crippen molar-refractivity contribution < 1.29 is 4.79 Å². The van der Waals surface area contributed by atoms with Crippen molar-refractivity contribution in [3.05, 3.63) is 66.1 Å². The predicted molar refractivity (Wildman–Crippen MR) is 124 cm³/mol. The number of primary amides is 1. The fourth-order valence-electron chi connectivity index (χ4n) is 3.97. The number of hydrogen-bond donors (Lipinski definition) is 3. The number of carbonyl (C=O) groups is 1. The second-order valence-corrected chi connectivity index (χ2v) is 8.89. The fourth-order valence-corrected chi connectivity index (χ4v) is 5.12. The van der Waals surface area contributed by atoms with Gasteiger partial charge in [-0.2, -0.15) is 5.10 Å². The zero-order chi connectivity index (χ0) is 21.2. The number of pyridine rings is 1. The maximum absolute atomic E-state index is 12.0. The highest BCUT2D eigenvalue weighted by molar-refractivity contribution is 7.22. The van der Waals surface area contributed by atoms with Crippen molar-refractivity contribution in [1.82, 2.24) is 20.1 Å². The van der Waals surface area contributed by atoms with Crippen LogP contribution < -0.4 is 16.4 Å². The van der Waals surface area contributed by atoms with Crippen molar-refractivity contribution >= 4 is 33.1 Å². The third-order valence-corrected chi connectivity index (χ3v) is 6.78. The van der Waals surface area contributed by atoms with Crippen LogP contribution in [0.2, 0.25) is 0 Å². The predicted octanol–water partition coefficient (Wildman–Crippen LogP) is 3.47. The van der Waals surface area contributed by atoms with E-state index in [0.717, 1.165) is 52.3 Å². The molecule has 7 nitrogen and oxygen atoms in total. The second kappa shape index (κ2) is 8.49. The van der Waals surface area contributed by atoms with Crippen molar-refractivity contribution in [2.24, 2.45) is 5.73 Å². The van der Waals surface area contributed by atoms with Crippen molar-refractivity contribution in [2.45, 2.75) is 25.4 Å². The van der Waals surface area contributed by atoms with Crippen LogP contribution in [0.4, 0.5) is 5.82 Å². The van der Waals surface area contributed by atoms with Gasteiger partial charge in [0.25, 0.3) is 5.91 Å². The number of aromatic nitrogens is 3. The van der Waals surface area contributed by atoms with Crippen LogP contribution in [0.25, 0.3) is 20.5 Å². The SMILES string of the molecule is NC(=O)c1cnc(N[C@H]2CCCNC2)c2cc(-c3cnn(Cc4ccccc4)c3)sc12. The summed E-state index contributed by atoms with van der Waals surface area (Å²) < 4.78 is 2.79. The summed E-state index contributed by atoms with van der Waals surface area (Å²) in [6.45, 7) is 2.67. The molecule has 0 radical (unpaired) electrons. The number of piperidine rings is 1. The summed E-state index contributed by atoms with van der Waals surface area (Å²) in [5.74, 6) is 0.337. The number of amides is 1. The fraction of sp³-hybridized carbons (Fsp3) is 0.261. The first kappa shape index (κ1) is 19.7. The first-order chi connectivity index (χ1) is 15.2. The molecule has 1 amide bonds. The van der Waals surface area contributed by atoms with Crippen molar-refractivity contribution in [3.63, 3.8) is 0 Å². The Morgan fingerprint density at radius 3 is 2.94 bits per heavy atom. The Morgan fingerprint density at radius 1 is 1.29 bits per heavy atom. The van der Waals surface area contributed by atoms with E-state index in [4.69, 9.17) is 5.73 Å². The summed E-state index contributed by atoms with van der Waals surface area (Å²) in [6, 6.07) is 12.6. The van der Waals surface area contributed by atoms with Crippen LogP contribution in [-0.4, -0.2) is 39.8 Å². The molecule has 0 saturated carbocycles. The zero-order valence-electron chi connectivity index (χ0n) is 17.0. The molecule has 4 N–H and O–H groups in total. The third kappa shape index (κ3) is 4.17. The molecule has 1 aliphatic heterocycles. The summed E-state index contributed by atoms with van der Waals surface area (Å²) >= 11 is 1.55. The van der Waals surface area contributed by atoms with E-state index in [0.29, 0.717) is 18.2 Å². The quantitative estimate of drug-likeness (QED) is 0.433. The van der Waals surface area contributed by atoms with Crippen molar-refractivity contribution in [2.75, 3.05) is 18.4 Å². The Balaban J connectivity index is 1.48. The number of anilines is 1. The van der Waals surface area contributed by atoms with E-state index in [2.05, 4.69) is 38.9 Å². The normalized spacial score (nSPS) is 16.5. The molecule has 158 valence electrons. The number of nitrogens with zero attached hydrogens (tertiary/aromatic N) is 3. The van der Waals surface area contributed by atoms with Gasteiger partial charge < -0.3 is 16.4 Å². The topological polar surface area (TPSA) is 97.9 Å². The number of thiophene rings is 1. The smallest absolute Gasteiger partial charge is 0.251 e.